The molecule has 0 fully saturated rings. The molecule has 0 saturated carbocycles. The van der Waals surface area contributed by atoms with E-state index in [4.69, 9.17) is 11.6 Å². The minimum atomic E-state index is -0.225. The molecule has 0 aliphatic rings. The van der Waals surface area contributed by atoms with Crippen LogP contribution in [0.2, 0.25) is 5.02 Å². The molecule has 1 nitrogen and oxygen atoms in total. The minimum Gasteiger partial charge on any atom is -0.314 e. The second kappa shape index (κ2) is 8.96. The summed E-state index contributed by atoms with van der Waals surface area (Å²) >= 11 is 6.07. The highest BCUT2D eigenvalue weighted by Crippen LogP contribution is 2.21. The summed E-state index contributed by atoms with van der Waals surface area (Å²) in [5.41, 5.74) is 0.599. The molecule has 0 aromatic heterocycles. The van der Waals surface area contributed by atoms with Crippen LogP contribution in [0.15, 0.2) is 18.2 Å². The van der Waals surface area contributed by atoms with Gasteiger partial charge in [0.1, 0.15) is 5.82 Å². The van der Waals surface area contributed by atoms with Crippen molar-refractivity contribution in [1.29, 1.82) is 0 Å². The lowest BCUT2D eigenvalue weighted by Gasteiger charge is -2.18. The van der Waals surface area contributed by atoms with Gasteiger partial charge < -0.3 is 5.32 Å². The summed E-state index contributed by atoms with van der Waals surface area (Å²) in [6.07, 6.45) is 3.40. The van der Waals surface area contributed by atoms with E-state index >= 15 is 0 Å². The molecule has 0 bridgehead atoms. The summed E-state index contributed by atoms with van der Waals surface area (Å²) in [5, 5.41) is 3.94. The first-order valence-electron chi connectivity index (χ1n) is 6.74. The quantitative estimate of drug-likeness (QED) is 0.739. The second-order valence-corrected chi connectivity index (χ2v) is 4.93. The van der Waals surface area contributed by atoms with Crippen molar-refractivity contribution in [3.8, 4) is 11.8 Å². The van der Waals surface area contributed by atoms with Gasteiger partial charge in [-0.15, -0.1) is 11.8 Å². The molecular formula is C16H21ClFN. The predicted octanol–water partition coefficient (Wildman–Crippen LogP) is 4.19. The van der Waals surface area contributed by atoms with Crippen molar-refractivity contribution in [3.63, 3.8) is 0 Å². The number of hydrogen-bond acceptors (Lipinski definition) is 1. The van der Waals surface area contributed by atoms with Gasteiger partial charge in [-0.2, -0.15) is 0 Å². The van der Waals surface area contributed by atoms with E-state index in [0.717, 1.165) is 25.8 Å². The lowest BCUT2D eigenvalue weighted by Crippen LogP contribution is -2.32. The molecule has 1 atom stereocenters. The normalized spacial score (nSPS) is 11.8. The third kappa shape index (κ3) is 5.63. The van der Waals surface area contributed by atoms with Gasteiger partial charge in [-0.25, -0.2) is 4.39 Å². The first kappa shape index (κ1) is 16.0. The van der Waals surface area contributed by atoms with Gasteiger partial charge in [0.2, 0.25) is 0 Å². The monoisotopic (exact) mass is 281 g/mol. The lowest BCUT2D eigenvalue weighted by atomic mass is 10.0. The minimum absolute atomic E-state index is 0.218. The molecule has 0 spiro atoms. The van der Waals surface area contributed by atoms with Crippen LogP contribution in [-0.2, 0) is 6.42 Å². The van der Waals surface area contributed by atoms with E-state index < -0.39 is 0 Å². The zero-order chi connectivity index (χ0) is 14.1. The van der Waals surface area contributed by atoms with Crippen molar-refractivity contribution in [2.75, 3.05) is 6.54 Å². The van der Waals surface area contributed by atoms with Crippen LogP contribution < -0.4 is 5.32 Å². The molecule has 0 aliphatic heterocycles. The predicted molar refractivity (Wildman–Crippen MR) is 79.9 cm³/mol. The van der Waals surface area contributed by atoms with Crippen molar-refractivity contribution in [1.82, 2.24) is 5.32 Å². The largest absolute Gasteiger partial charge is 0.314 e. The average Bonchev–Trinajstić information content (AvgIpc) is 2.39. The summed E-state index contributed by atoms with van der Waals surface area (Å²) in [6, 6.07) is 5.06. The fraction of sp³-hybridized carbons (Fsp3) is 0.500. The Morgan fingerprint density at radius 3 is 2.84 bits per heavy atom. The van der Waals surface area contributed by atoms with E-state index in [1.807, 2.05) is 6.92 Å². The van der Waals surface area contributed by atoms with Gasteiger partial charge in [-0.05, 0) is 44.9 Å². The Labute approximate surface area is 120 Å². The Bertz CT molecular complexity index is 428. The van der Waals surface area contributed by atoms with Crippen LogP contribution >= 0.6 is 11.6 Å². The van der Waals surface area contributed by atoms with E-state index in [0.29, 0.717) is 17.0 Å². The Morgan fingerprint density at radius 1 is 1.42 bits per heavy atom. The molecule has 104 valence electrons. The van der Waals surface area contributed by atoms with Gasteiger partial charge in [0.05, 0.1) is 0 Å². The maximum atomic E-state index is 13.8. The van der Waals surface area contributed by atoms with Crippen LogP contribution in [0.4, 0.5) is 4.39 Å². The van der Waals surface area contributed by atoms with Gasteiger partial charge in [0.25, 0.3) is 0 Å². The zero-order valence-corrected chi connectivity index (χ0v) is 12.4. The fourth-order valence-corrected chi connectivity index (χ4v) is 2.21. The Balaban J connectivity index is 2.71. The molecule has 0 amide bonds. The van der Waals surface area contributed by atoms with Crippen molar-refractivity contribution in [2.24, 2.45) is 0 Å². The summed E-state index contributed by atoms with van der Waals surface area (Å²) in [6.45, 7) is 4.88. The summed E-state index contributed by atoms with van der Waals surface area (Å²) in [7, 11) is 0. The van der Waals surface area contributed by atoms with E-state index in [1.165, 1.54) is 6.07 Å². The molecule has 1 aromatic rings. The fourth-order valence-electron chi connectivity index (χ4n) is 1.97. The van der Waals surface area contributed by atoms with E-state index in [1.54, 1.807) is 12.1 Å². The molecule has 1 N–H and O–H groups in total. The van der Waals surface area contributed by atoms with Crippen molar-refractivity contribution in [2.45, 2.75) is 45.6 Å². The van der Waals surface area contributed by atoms with E-state index in [9.17, 15) is 4.39 Å². The molecule has 1 rings (SSSR count). The Kier molecular flexibility index (Phi) is 7.55. The van der Waals surface area contributed by atoms with Crippen LogP contribution in [0, 0.1) is 17.7 Å². The number of hydrogen-bond donors (Lipinski definition) is 1. The summed E-state index contributed by atoms with van der Waals surface area (Å²) in [5.74, 6) is 5.72. The van der Waals surface area contributed by atoms with E-state index in [2.05, 4.69) is 24.1 Å². The Hall–Kier alpha value is -1.04. The first-order chi connectivity index (χ1) is 9.19. The number of nitrogens with one attached hydrogen (secondary N) is 1. The van der Waals surface area contributed by atoms with Crippen LogP contribution in [0.25, 0.3) is 0 Å². The smallest absolute Gasteiger partial charge is 0.127 e. The highest BCUT2D eigenvalue weighted by atomic mass is 35.5. The molecule has 0 aliphatic carbocycles. The van der Waals surface area contributed by atoms with Crippen LogP contribution in [0.5, 0.6) is 0 Å². The molecule has 0 heterocycles. The second-order valence-electron chi connectivity index (χ2n) is 4.52. The molecular weight excluding hydrogens is 261 g/mol. The molecule has 0 saturated heterocycles. The molecule has 1 aromatic carbocycles. The maximum absolute atomic E-state index is 13.8. The van der Waals surface area contributed by atoms with Gasteiger partial charge >= 0.3 is 0 Å². The third-order valence-corrected chi connectivity index (χ3v) is 3.34. The topological polar surface area (TPSA) is 12.0 Å². The van der Waals surface area contributed by atoms with Crippen molar-refractivity contribution < 1.29 is 4.39 Å². The number of halogens is 2. The summed E-state index contributed by atoms with van der Waals surface area (Å²) < 4.78 is 13.8. The van der Waals surface area contributed by atoms with Gasteiger partial charge in [-0.1, -0.05) is 24.6 Å². The summed E-state index contributed by atoms with van der Waals surface area (Å²) in [4.78, 5) is 0. The lowest BCUT2D eigenvalue weighted by molar-refractivity contribution is 0.473. The van der Waals surface area contributed by atoms with Gasteiger partial charge in [-0.3, -0.25) is 0 Å². The van der Waals surface area contributed by atoms with Crippen LogP contribution in [0.3, 0.4) is 0 Å². The maximum Gasteiger partial charge on any atom is 0.127 e. The molecule has 1 unspecified atom stereocenters. The SMILES string of the molecule is CC#CCCC(Cc1c(F)cccc1Cl)NCCC. The average molecular weight is 282 g/mol. The standard InChI is InChI=1S/C16H21ClFN/c1-3-5-6-8-13(19-11-4-2)12-14-15(17)9-7-10-16(14)18/h7,9-10,13,19H,4,6,8,11-12H2,1-2H3. The van der Waals surface area contributed by atoms with Crippen molar-refractivity contribution >= 4 is 11.6 Å². The van der Waals surface area contributed by atoms with Crippen LogP contribution in [0.1, 0.15) is 38.7 Å². The van der Waals surface area contributed by atoms with Crippen molar-refractivity contribution in [3.05, 3.63) is 34.6 Å². The number of rotatable bonds is 7. The highest BCUT2D eigenvalue weighted by molar-refractivity contribution is 6.31. The Morgan fingerprint density at radius 2 is 2.21 bits per heavy atom. The van der Waals surface area contributed by atoms with Gasteiger partial charge in [0, 0.05) is 23.0 Å². The van der Waals surface area contributed by atoms with E-state index in [-0.39, 0.29) is 11.9 Å². The third-order valence-electron chi connectivity index (χ3n) is 2.99. The highest BCUT2D eigenvalue weighted by Gasteiger charge is 2.14. The van der Waals surface area contributed by atoms with Gasteiger partial charge in [0.15, 0.2) is 0 Å². The molecule has 0 radical (unpaired) electrons. The number of benzene rings is 1. The van der Waals surface area contributed by atoms with Crippen LogP contribution in [-0.4, -0.2) is 12.6 Å². The zero-order valence-electron chi connectivity index (χ0n) is 11.6. The first-order valence-corrected chi connectivity index (χ1v) is 7.12. The molecule has 19 heavy (non-hydrogen) atoms. The molecule has 3 heteroatoms.